The number of fused-ring (bicyclic) bond motifs is 13. The van der Waals surface area contributed by atoms with Crippen LogP contribution in [0.15, 0.2) is 72.8 Å². The van der Waals surface area contributed by atoms with E-state index in [0.717, 1.165) is 157 Å². The molecule has 0 aromatic heterocycles. The van der Waals surface area contributed by atoms with E-state index >= 15 is 0 Å². The van der Waals surface area contributed by atoms with Crippen molar-refractivity contribution in [1.29, 1.82) is 0 Å². The van der Waals surface area contributed by atoms with Crippen molar-refractivity contribution < 1.29 is 0 Å². The van der Waals surface area contributed by atoms with Crippen LogP contribution in [-0.2, 0) is 78.5 Å². The molecule has 62 heavy (non-hydrogen) atoms. The molecule has 0 spiro atoms. The van der Waals surface area contributed by atoms with Gasteiger partial charge in [-0.1, -0.05) is 86.6 Å². The quantitative estimate of drug-likeness (QED) is 0.139. The van der Waals surface area contributed by atoms with Crippen LogP contribution in [0.3, 0.4) is 0 Å². The minimum atomic E-state index is 0.843. The summed E-state index contributed by atoms with van der Waals surface area (Å²) in [7, 11) is 0. The maximum Gasteiger partial charge on any atom is 0.0206 e. The summed E-state index contributed by atoms with van der Waals surface area (Å²) in [6.45, 7) is 25.6. The lowest BCUT2D eigenvalue weighted by molar-refractivity contribution is 0.600. The zero-order chi connectivity index (χ0) is 42.9. The van der Waals surface area contributed by atoms with E-state index in [0.29, 0.717) is 0 Å². The summed E-state index contributed by atoms with van der Waals surface area (Å²) < 4.78 is 0. The molecule has 12 heteroatoms. The Labute approximate surface area is 373 Å². The number of hydrogen-bond acceptors (Lipinski definition) is 12. The molecule has 2 heterocycles. The zero-order valence-corrected chi connectivity index (χ0v) is 37.9. The smallest absolute Gasteiger partial charge is 0.0206 e. The van der Waals surface area contributed by atoms with Gasteiger partial charge in [0, 0.05) is 144 Å². The van der Waals surface area contributed by atoms with E-state index in [9.17, 15) is 0 Å². The van der Waals surface area contributed by atoms with Crippen molar-refractivity contribution in [2.75, 3.05) is 78.5 Å². The van der Waals surface area contributed by atoms with Crippen LogP contribution in [-0.4, -0.2) is 78.5 Å². The van der Waals surface area contributed by atoms with Crippen molar-refractivity contribution in [3.8, 4) is 0 Å². The van der Waals surface area contributed by atoms with E-state index in [1.807, 2.05) is 0 Å². The fourth-order valence-corrected chi connectivity index (χ4v) is 8.33. The van der Waals surface area contributed by atoms with Gasteiger partial charge in [0.1, 0.15) is 0 Å². The van der Waals surface area contributed by atoms with Gasteiger partial charge >= 0.3 is 0 Å². The van der Waals surface area contributed by atoms with E-state index in [1.54, 1.807) is 0 Å². The summed E-state index contributed by atoms with van der Waals surface area (Å²) in [5, 5.41) is 44.1. The van der Waals surface area contributed by atoms with Crippen molar-refractivity contribution >= 4 is 0 Å². The number of benzene rings is 4. The highest BCUT2D eigenvalue weighted by Gasteiger charge is 2.08. The molecule has 12 N–H and O–H groups in total. The van der Waals surface area contributed by atoms with E-state index in [-0.39, 0.29) is 0 Å². The SMILES string of the molecule is CCNCc1cc2cc(c1)CNCCNCc1cc3cc(c1)CNCCNCc1cc(cc(c1)CNCCNCc1cc(CNCC)cc(c1)CNCCNC3)CNCCNC2. The van der Waals surface area contributed by atoms with Crippen molar-refractivity contribution in [1.82, 2.24) is 63.8 Å². The molecule has 0 atom stereocenters. The average molecular weight is 847 g/mol. The summed E-state index contributed by atoms with van der Waals surface area (Å²) in [6.07, 6.45) is 0. The first kappa shape index (κ1) is 47.9. The third-order valence-electron chi connectivity index (χ3n) is 11.3. The monoisotopic (exact) mass is 847 g/mol. The van der Waals surface area contributed by atoms with Gasteiger partial charge in [-0.3, -0.25) is 0 Å². The topological polar surface area (TPSA) is 144 Å². The highest BCUT2D eigenvalue weighted by molar-refractivity contribution is 5.33. The Balaban J connectivity index is 1.18. The lowest BCUT2D eigenvalue weighted by Crippen LogP contribution is -2.28. The molecule has 6 rings (SSSR count). The molecular formula is C50H78N12. The van der Waals surface area contributed by atoms with E-state index in [2.05, 4.69) is 150 Å². The Morgan fingerprint density at radius 2 is 0.435 bits per heavy atom. The van der Waals surface area contributed by atoms with Gasteiger partial charge in [-0.15, -0.1) is 0 Å². The Hall–Kier alpha value is -3.60. The Morgan fingerprint density at radius 3 is 0.597 bits per heavy atom. The molecule has 4 aromatic carbocycles. The van der Waals surface area contributed by atoms with E-state index < -0.39 is 0 Å². The summed E-state index contributed by atoms with van der Waals surface area (Å²) in [5.74, 6) is 0. The molecule has 0 saturated carbocycles. The fraction of sp³-hybridized carbons (Fsp3) is 0.520. The molecule has 12 nitrogen and oxygen atoms in total. The maximum absolute atomic E-state index is 3.72. The number of nitrogens with one attached hydrogen (secondary N) is 12. The van der Waals surface area contributed by atoms with Crippen LogP contribution in [0.5, 0.6) is 0 Å². The molecule has 0 amide bonds. The van der Waals surface area contributed by atoms with Gasteiger partial charge in [-0.05, 0) is 79.9 Å². The second kappa shape index (κ2) is 28.2. The Kier molecular flexibility index (Phi) is 21.8. The highest BCUT2D eigenvalue weighted by atomic mass is 15.0. The molecule has 0 fully saturated rings. The second-order valence-corrected chi connectivity index (χ2v) is 17.0. The number of rotatable bonds is 6. The van der Waals surface area contributed by atoms with Crippen LogP contribution in [0.1, 0.15) is 80.6 Å². The summed E-state index contributed by atoms with van der Waals surface area (Å²) in [6, 6.07) is 28.3. The summed E-state index contributed by atoms with van der Waals surface area (Å²) >= 11 is 0. The summed E-state index contributed by atoms with van der Waals surface area (Å²) in [5.41, 5.74) is 16.0. The summed E-state index contributed by atoms with van der Waals surface area (Å²) in [4.78, 5) is 0. The third kappa shape index (κ3) is 18.2. The van der Waals surface area contributed by atoms with Crippen LogP contribution in [0, 0.1) is 0 Å². The van der Waals surface area contributed by atoms with E-state index in [1.165, 1.54) is 66.8 Å². The molecule has 10 bridgehead atoms. The lowest BCUT2D eigenvalue weighted by atomic mass is 10.0. The zero-order valence-electron chi connectivity index (χ0n) is 37.9. The van der Waals surface area contributed by atoms with E-state index in [4.69, 9.17) is 0 Å². The normalized spacial score (nSPS) is 17.9. The maximum atomic E-state index is 3.72. The lowest BCUT2D eigenvalue weighted by Gasteiger charge is -2.14. The third-order valence-corrected chi connectivity index (χ3v) is 11.3. The van der Waals surface area contributed by atoms with Gasteiger partial charge in [0.25, 0.3) is 0 Å². The predicted octanol–water partition coefficient (Wildman–Crippen LogP) is 2.93. The average Bonchev–Trinajstić information content (AvgIpc) is 3.27. The molecule has 4 aromatic rings. The van der Waals surface area contributed by atoms with Crippen LogP contribution in [0.2, 0.25) is 0 Å². The highest BCUT2D eigenvalue weighted by Crippen LogP contribution is 2.15. The van der Waals surface area contributed by atoms with Gasteiger partial charge in [0.05, 0.1) is 0 Å². The van der Waals surface area contributed by atoms with Crippen LogP contribution < -0.4 is 63.8 Å². The number of hydrogen-bond donors (Lipinski definition) is 12. The second-order valence-electron chi connectivity index (χ2n) is 17.0. The van der Waals surface area contributed by atoms with Crippen LogP contribution in [0.4, 0.5) is 0 Å². The largest absolute Gasteiger partial charge is 0.313 e. The van der Waals surface area contributed by atoms with Crippen molar-refractivity contribution in [3.05, 3.63) is 140 Å². The molecule has 0 unspecified atom stereocenters. The van der Waals surface area contributed by atoms with Crippen molar-refractivity contribution in [2.45, 2.75) is 92.4 Å². The molecule has 0 radical (unpaired) electrons. The first-order valence-corrected chi connectivity index (χ1v) is 23.6. The molecule has 2 aliphatic heterocycles. The van der Waals surface area contributed by atoms with Crippen molar-refractivity contribution in [3.63, 3.8) is 0 Å². The van der Waals surface area contributed by atoms with Crippen LogP contribution in [0.25, 0.3) is 0 Å². The molecule has 0 aliphatic carbocycles. The predicted molar refractivity (Wildman–Crippen MR) is 258 cm³/mol. The molecule has 2 aliphatic rings. The van der Waals surface area contributed by atoms with Gasteiger partial charge in [0.15, 0.2) is 0 Å². The molecule has 0 saturated heterocycles. The Bertz CT molecular complexity index is 1640. The standard InChI is InChI=1S/C50H78N12/c1-3-51-27-39-15-41-19-42(16-39)30-54-6-10-58-34-46-22-48-26-50(24-46)38-62-14-13-61-37-49-23-45(33-57-9-5-53-29-41)21-47(25-49)35-59-11-7-55-31-43-17-40(28-52-4-2)18-44(20-43)32-56-8-12-60-36-48/h15-26,51-62H,3-14,27-38H2,1-2H3. The van der Waals surface area contributed by atoms with Crippen molar-refractivity contribution in [2.24, 2.45) is 0 Å². The fourth-order valence-electron chi connectivity index (χ4n) is 8.33. The van der Waals surface area contributed by atoms with Gasteiger partial charge in [0.2, 0.25) is 0 Å². The van der Waals surface area contributed by atoms with Gasteiger partial charge < -0.3 is 63.8 Å². The van der Waals surface area contributed by atoms with Gasteiger partial charge in [-0.25, -0.2) is 0 Å². The first-order chi connectivity index (χ1) is 30.6. The molecular weight excluding hydrogens is 769 g/mol. The minimum Gasteiger partial charge on any atom is -0.313 e. The van der Waals surface area contributed by atoms with Gasteiger partial charge in [-0.2, -0.15) is 0 Å². The van der Waals surface area contributed by atoms with Crippen LogP contribution >= 0.6 is 0 Å². The minimum absolute atomic E-state index is 0.843. The molecule has 338 valence electrons. The Morgan fingerprint density at radius 1 is 0.274 bits per heavy atom. The first-order valence-electron chi connectivity index (χ1n) is 23.6.